The monoisotopic (exact) mass is 315 g/mol. The van der Waals surface area contributed by atoms with Gasteiger partial charge in [0, 0.05) is 4.88 Å². The van der Waals surface area contributed by atoms with Crippen LogP contribution in [0.15, 0.2) is 30.3 Å². The van der Waals surface area contributed by atoms with E-state index in [1.807, 2.05) is 31.2 Å². The van der Waals surface area contributed by atoms with Gasteiger partial charge in [0.15, 0.2) is 0 Å². The Bertz CT molecular complexity index is 637. The van der Waals surface area contributed by atoms with Gasteiger partial charge in [-0.3, -0.25) is 4.79 Å². The molecule has 1 amide bonds. The van der Waals surface area contributed by atoms with Gasteiger partial charge in [0.25, 0.3) is 5.91 Å². The molecular formula is C18H21NO2S. The molecule has 0 bridgehead atoms. The van der Waals surface area contributed by atoms with Crippen molar-refractivity contribution in [1.82, 2.24) is 5.32 Å². The lowest BCUT2D eigenvalue weighted by Gasteiger charge is -2.14. The summed E-state index contributed by atoms with van der Waals surface area (Å²) in [4.78, 5) is 14.7. The molecule has 0 saturated carbocycles. The molecule has 0 radical (unpaired) electrons. The van der Waals surface area contributed by atoms with Crippen LogP contribution in [0.5, 0.6) is 5.75 Å². The molecule has 1 aromatic heterocycles. The van der Waals surface area contributed by atoms with Crippen molar-refractivity contribution >= 4 is 17.2 Å². The highest BCUT2D eigenvalue weighted by atomic mass is 32.1. The summed E-state index contributed by atoms with van der Waals surface area (Å²) in [6, 6.07) is 9.88. The number of carbonyl (C=O) groups is 1. The normalized spacial score (nSPS) is 15.0. The van der Waals surface area contributed by atoms with Crippen LogP contribution in [0.4, 0.5) is 0 Å². The van der Waals surface area contributed by atoms with Crippen molar-refractivity contribution in [2.45, 2.75) is 38.6 Å². The molecule has 1 aliphatic rings. The minimum absolute atomic E-state index is 0.0162. The maximum absolute atomic E-state index is 12.4. The SMILES string of the molecule is COc1ccc([C@@H](C)NC(=O)c2cc3c(s2)CCCC3)cc1. The van der Waals surface area contributed by atoms with Crippen molar-refractivity contribution in [1.29, 1.82) is 0 Å². The van der Waals surface area contributed by atoms with Crippen LogP contribution in [-0.2, 0) is 12.8 Å². The molecule has 0 spiro atoms. The lowest BCUT2D eigenvalue weighted by molar-refractivity contribution is 0.0944. The fourth-order valence-corrected chi connectivity index (χ4v) is 4.00. The summed E-state index contributed by atoms with van der Waals surface area (Å²) >= 11 is 1.65. The second kappa shape index (κ2) is 6.53. The van der Waals surface area contributed by atoms with Crippen LogP contribution in [0, 0.1) is 0 Å². The zero-order valence-corrected chi connectivity index (χ0v) is 13.8. The van der Waals surface area contributed by atoms with Crippen molar-refractivity contribution in [3.8, 4) is 5.75 Å². The van der Waals surface area contributed by atoms with Crippen LogP contribution in [0.2, 0.25) is 0 Å². The molecule has 1 aliphatic carbocycles. The van der Waals surface area contributed by atoms with Crippen LogP contribution in [-0.4, -0.2) is 13.0 Å². The van der Waals surface area contributed by atoms with E-state index in [1.165, 1.54) is 23.3 Å². The quantitative estimate of drug-likeness (QED) is 0.921. The van der Waals surface area contributed by atoms with E-state index >= 15 is 0 Å². The summed E-state index contributed by atoms with van der Waals surface area (Å²) in [5.74, 6) is 0.857. The van der Waals surface area contributed by atoms with Gasteiger partial charge in [-0.1, -0.05) is 12.1 Å². The number of hydrogen-bond acceptors (Lipinski definition) is 3. The number of fused-ring (bicyclic) bond motifs is 1. The molecule has 2 aromatic rings. The molecule has 1 atom stereocenters. The van der Waals surface area contributed by atoms with Crippen LogP contribution in [0.3, 0.4) is 0 Å². The molecule has 116 valence electrons. The third kappa shape index (κ3) is 3.17. The molecule has 0 fully saturated rings. The summed E-state index contributed by atoms with van der Waals surface area (Å²) in [6.45, 7) is 2.01. The Labute approximate surface area is 135 Å². The van der Waals surface area contributed by atoms with Gasteiger partial charge in [-0.15, -0.1) is 11.3 Å². The number of carbonyl (C=O) groups excluding carboxylic acids is 1. The van der Waals surface area contributed by atoms with E-state index in [1.54, 1.807) is 18.4 Å². The van der Waals surface area contributed by atoms with E-state index < -0.39 is 0 Å². The van der Waals surface area contributed by atoms with Crippen molar-refractivity contribution in [3.63, 3.8) is 0 Å². The largest absolute Gasteiger partial charge is 0.497 e. The fraction of sp³-hybridized carbons (Fsp3) is 0.389. The lowest BCUT2D eigenvalue weighted by atomic mass is 9.99. The van der Waals surface area contributed by atoms with E-state index in [4.69, 9.17) is 4.74 Å². The van der Waals surface area contributed by atoms with Crippen LogP contribution in [0.1, 0.15) is 51.5 Å². The Morgan fingerprint density at radius 3 is 2.64 bits per heavy atom. The second-order valence-corrected chi connectivity index (χ2v) is 6.87. The molecule has 0 saturated heterocycles. The number of rotatable bonds is 4. The van der Waals surface area contributed by atoms with Crippen molar-refractivity contribution < 1.29 is 9.53 Å². The van der Waals surface area contributed by atoms with Gasteiger partial charge in [-0.05, 0) is 61.9 Å². The Hall–Kier alpha value is -1.81. The second-order valence-electron chi connectivity index (χ2n) is 5.73. The van der Waals surface area contributed by atoms with Gasteiger partial charge in [0.2, 0.25) is 0 Å². The molecule has 1 N–H and O–H groups in total. The predicted octanol–water partition coefficient (Wildman–Crippen LogP) is 4.13. The summed E-state index contributed by atoms with van der Waals surface area (Å²) in [7, 11) is 1.65. The highest BCUT2D eigenvalue weighted by Crippen LogP contribution is 2.30. The minimum atomic E-state index is -0.0162. The fourth-order valence-electron chi connectivity index (χ4n) is 2.85. The van der Waals surface area contributed by atoms with Crippen molar-refractivity contribution in [2.24, 2.45) is 0 Å². The lowest BCUT2D eigenvalue weighted by Crippen LogP contribution is -2.25. The number of hydrogen-bond donors (Lipinski definition) is 1. The number of amides is 1. The number of nitrogens with one attached hydrogen (secondary N) is 1. The van der Waals surface area contributed by atoms with Crippen LogP contribution < -0.4 is 10.1 Å². The maximum atomic E-state index is 12.4. The molecule has 3 rings (SSSR count). The first-order valence-corrected chi connectivity index (χ1v) is 8.55. The summed E-state index contributed by atoms with van der Waals surface area (Å²) < 4.78 is 5.16. The van der Waals surface area contributed by atoms with Crippen molar-refractivity contribution in [2.75, 3.05) is 7.11 Å². The highest BCUT2D eigenvalue weighted by molar-refractivity contribution is 7.14. The molecule has 1 aromatic carbocycles. The molecule has 0 aliphatic heterocycles. The van der Waals surface area contributed by atoms with Gasteiger partial charge in [0.05, 0.1) is 18.0 Å². The number of aryl methyl sites for hydroxylation is 2. The minimum Gasteiger partial charge on any atom is -0.497 e. The number of methoxy groups -OCH3 is 1. The van der Waals surface area contributed by atoms with E-state index in [0.29, 0.717) is 0 Å². The smallest absolute Gasteiger partial charge is 0.261 e. The zero-order chi connectivity index (χ0) is 15.5. The Morgan fingerprint density at radius 2 is 1.95 bits per heavy atom. The van der Waals surface area contributed by atoms with E-state index in [9.17, 15) is 4.79 Å². The molecule has 0 unspecified atom stereocenters. The van der Waals surface area contributed by atoms with Gasteiger partial charge in [-0.2, -0.15) is 0 Å². The van der Waals surface area contributed by atoms with E-state index in [-0.39, 0.29) is 11.9 Å². The molecule has 4 heteroatoms. The van der Waals surface area contributed by atoms with Crippen molar-refractivity contribution in [3.05, 3.63) is 51.2 Å². The highest BCUT2D eigenvalue weighted by Gasteiger charge is 2.18. The third-order valence-electron chi connectivity index (χ3n) is 4.18. The summed E-state index contributed by atoms with van der Waals surface area (Å²) in [6.07, 6.45) is 4.73. The van der Waals surface area contributed by atoms with Crippen LogP contribution >= 0.6 is 11.3 Å². The number of thiophene rings is 1. The Morgan fingerprint density at radius 1 is 1.23 bits per heavy atom. The number of benzene rings is 1. The van der Waals surface area contributed by atoms with Crippen LogP contribution in [0.25, 0.3) is 0 Å². The zero-order valence-electron chi connectivity index (χ0n) is 13.0. The molecule has 3 nitrogen and oxygen atoms in total. The molecule has 22 heavy (non-hydrogen) atoms. The Kier molecular flexibility index (Phi) is 4.48. The van der Waals surface area contributed by atoms with Gasteiger partial charge < -0.3 is 10.1 Å². The summed E-state index contributed by atoms with van der Waals surface area (Å²) in [5.41, 5.74) is 2.45. The summed E-state index contributed by atoms with van der Waals surface area (Å²) in [5, 5.41) is 3.09. The maximum Gasteiger partial charge on any atom is 0.261 e. The Balaban J connectivity index is 1.68. The average molecular weight is 315 g/mol. The van der Waals surface area contributed by atoms with E-state index in [2.05, 4.69) is 11.4 Å². The predicted molar refractivity (Wildman–Crippen MR) is 89.8 cm³/mol. The van der Waals surface area contributed by atoms with Gasteiger partial charge >= 0.3 is 0 Å². The molecule has 1 heterocycles. The van der Waals surface area contributed by atoms with E-state index in [0.717, 1.165) is 29.0 Å². The topological polar surface area (TPSA) is 38.3 Å². The first kappa shape index (κ1) is 15.1. The first-order chi connectivity index (χ1) is 10.7. The standard InChI is InChI=1S/C18H21NO2S/c1-12(13-7-9-15(21-2)10-8-13)19-18(20)17-11-14-5-3-4-6-16(14)22-17/h7-12H,3-6H2,1-2H3,(H,19,20)/t12-/m1/s1. The first-order valence-electron chi connectivity index (χ1n) is 7.74. The average Bonchev–Trinajstić information content (AvgIpc) is 2.99. The van der Waals surface area contributed by atoms with Gasteiger partial charge in [0.1, 0.15) is 5.75 Å². The van der Waals surface area contributed by atoms with Gasteiger partial charge in [-0.25, -0.2) is 0 Å². The number of ether oxygens (including phenoxy) is 1. The third-order valence-corrected chi connectivity index (χ3v) is 5.42. The molecular weight excluding hydrogens is 294 g/mol.